The van der Waals surface area contributed by atoms with E-state index in [2.05, 4.69) is 10.0 Å². The first kappa shape index (κ1) is 17.7. The van der Waals surface area contributed by atoms with Crippen molar-refractivity contribution in [2.45, 2.75) is 31.4 Å². The molecule has 0 amide bonds. The Balaban J connectivity index is 1.99. The molecule has 1 aliphatic carbocycles. The number of nitrogens with one attached hydrogen (secondary N) is 2. The first-order valence-corrected chi connectivity index (χ1v) is 9.10. The Labute approximate surface area is 150 Å². The van der Waals surface area contributed by atoms with Gasteiger partial charge in [0.05, 0.1) is 12.8 Å². The van der Waals surface area contributed by atoms with Crippen LogP contribution in [-0.2, 0) is 7.05 Å². The lowest BCUT2D eigenvalue weighted by atomic mass is 10.0. The van der Waals surface area contributed by atoms with Crippen LogP contribution in [0.3, 0.4) is 0 Å². The average molecular weight is 363 g/mol. The number of ether oxygens (including phenoxy) is 1. The second-order valence-corrected chi connectivity index (χ2v) is 7.32. The van der Waals surface area contributed by atoms with Crippen molar-refractivity contribution >= 4 is 29.1 Å². The summed E-state index contributed by atoms with van der Waals surface area (Å²) < 4.78 is 24.4. The monoisotopic (exact) mass is 363 g/mol. The molecule has 1 fully saturated rings. The lowest BCUT2D eigenvalue weighted by Gasteiger charge is -2.26. The van der Waals surface area contributed by atoms with E-state index in [1.807, 2.05) is 13.0 Å². The van der Waals surface area contributed by atoms with Crippen molar-refractivity contribution in [3.8, 4) is 5.75 Å². The maximum absolute atomic E-state index is 14.3. The van der Waals surface area contributed by atoms with E-state index in [0.717, 1.165) is 5.56 Å². The lowest BCUT2D eigenvalue weighted by molar-refractivity contribution is 0.415. The van der Waals surface area contributed by atoms with Crippen LogP contribution >= 0.6 is 11.9 Å². The largest absolute Gasteiger partial charge is 0.494 e. The van der Waals surface area contributed by atoms with Crippen LogP contribution in [0.1, 0.15) is 24.8 Å². The number of hydrogen-bond donors (Lipinski definition) is 2. The minimum Gasteiger partial charge on any atom is -0.494 e. The lowest BCUT2D eigenvalue weighted by Crippen LogP contribution is -2.22. The zero-order valence-corrected chi connectivity index (χ0v) is 15.4. The summed E-state index contributed by atoms with van der Waals surface area (Å²) in [7, 11) is 3.17. The molecule has 134 valence electrons. The van der Waals surface area contributed by atoms with Gasteiger partial charge in [0, 0.05) is 18.4 Å². The van der Waals surface area contributed by atoms with Gasteiger partial charge in [-0.05, 0) is 49.4 Å². The zero-order chi connectivity index (χ0) is 18.0. The second-order valence-electron chi connectivity index (χ2n) is 6.21. The van der Waals surface area contributed by atoms with Crippen LogP contribution in [0.25, 0.3) is 0 Å². The van der Waals surface area contributed by atoms with Crippen LogP contribution in [0.15, 0.2) is 29.1 Å². The first-order chi connectivity index (χ1) is 12.0. The molecule has 0 unspecified atom stereocenters. The molecule has 7 heteroatoms. The number of methoxy groups -OCH3 is 1. The van der Waals surface area contributed by atoms with Gasteiger partial charge < -0.3 is 14.8 Å². The molecule has 0 radical (unpaired) electrons. The van der Waals surface area contributed by atoms with Gasteiger partial charge in [-0.15, -0.1) is 0 Å². The van der Waals surface area contributed by atoms with Crippen LogP contribution < -0.4 is 20.3 Å². The summed E-state index contributed by atoms with van der Waals surface area (Å²) in [5.74, 6) is 0.539. The summed E-state index contributed by atoms with van der Waals surface area (Å²) in [6.45, 7) is 1.83. The van der Waals surface area contributed by atoms with Crippen molar-refractivity contribution in [2.75, 3.05) is 17.1 Å². The Bertz CT molecular complexity index is 834. The molecule has 5 nitrogen and oxygen atoms in total. The number of hydrogen-bond acceptors (Lipinski definition) is 5. The number of pyridine rings is 1. The summed E-state index contributed by atoms with van der Waals surface area (Å²) in [4.78, 5) is 12.2. The standard InChI is InChI=1S/C18H22FN3O2S/c1-11-7-8-14(13(19)9-11)20-18-17(21-25-12-5-4-6-12)15(24-3)10-16(23)22(18)2/h7-10,12,20-21H,4-6H2,1-3H3. The minimum absolute atomic E-state index is 0.230. The molecule has 1 heterocycles. The molecular formula is C18H22FN3O2S. The minimum atomic E-state index is -0.368. The molecule has 1 aliphatic rings. The van der Waals surface area contributed by atoms with Gasteiger partial charge >= 0.3 is 0 Å². The molecule has 0 atom stereocenters. The molecule has 0 aliphatic heterocycles. The third kappa shape index (κ3) is 3.76. The summed E-state index contributed by atoms with van der Waals surface area (Å²) in [6.07, 6.45) is 3.58. The zero-order valence-electron chi connectivity index (χ0n) is 14.6. The number of benzene rings is 1. The Morgan fingerprint density at radius 2 is 2.08 bits per heavy atom. The number of halogens is 1. The van der Waals surface area contributed by atoms with E-state index in [4.69, 9.17) is 4.74 Å². The van der Waals surface area contributed by atoms with Crippen molar-refractivity contribution in [1.82, 2.24) is 4.57 Å². The predicted molar refractivity (Wildman–Crippen MR) is 102 cm³/mol. The van der Waals surface area contributed by atoms with Crippen molar-refractivity contribution < 1.29 is 9.13 Å². The number of aryl methyl sites for hydroxylation is 1. The van der Waals surface area contributed by atoms with Crippen molar-refractivity contribution in [2.24, 2.45) is 7.05 Å². The molecule has 2 aromatic rings. The molecular weight excluding hydrogens is 341 g/mol. The van der Waals surface area contributed by atoms with Crippen molar-refractivity contribution in [3.05, 3.63) is 46.0 Å². The number of rotatable bonds is 6. The van der Waals surface area contributed by atoms with Crippen molar-refractivity contribution in [1.29, 1.82) is 0 Å². The molecule has 0 spiro atoms. The molecule has 0 saturated heterocycles. The Hall–Kier alpha value is -2.15. The Morgan fingerprint density at radius 1 is 1.32 bits per heavy atom. The third-order valence-electron chi connectivity index (χ3n) is 4.38. The molecule has 3 rings (SSSR count). The fourth-order valence-electron chi connectivity index (χ4n) is 2.56. The molecule has 1 aromatic heterocycles. The molecule has 0 bridgehead atoms. The second kappa shape index (κ2) is 7.39. The molecule has 2 N–H and O–H groups in total. The van der Waals surface area contributed by atoms with Crippen LogP contribution in [0.5, 0.6) is 5.75 Å². The number of nitrogens with zero attached hydrogens (tertiary/aromatic N) is 1. The third-order valence-corrected chi connectivity index (χ3v) is 5.51. The smallest absolute Gasteiger partial charge is 0.255 e. The Morgan fingerprint density at radius 3 is 2.68 bits per heavy atom. The van der Waals surface area contributed by atoms with Gasteiger partial charge in [-0.25, -0.2) is 4.39 Å². The maximum atomic E-state index is 14.3. The summed E-state index contributed by atoms with van der Waals surface area (Å²) in [5.41, 5.74) is 1.56. The highest BCUT2D eigenvalue weighted by Gasteiger charge is 2.21. The van der Waals surface area contributed by atoms with E-state index < -0.39 is 0 Å². The van der Waals surface area contributed by atoms with E-state index in [1.54, 1.807) is 25.1 Å². The van der Waals surface area contributed by atoms with Crippen LogP contribution in [0.2, 0.25) is 0 Å². The Kier molecular flexibility index (Phi) is 5.22. The highest BCUT2D eigenvalue weighted by Crippen LogP contribution is 2.38. The predicted octanol–water partition coefficient (Wildman–Crippen LogP) is 4.20. The van der Waals surface area contributed by atoms with E-state index in [0.29, 0.717) is 28.2 Å². The molecule has 1 aromatic carbocycles. The van der Waals surface area contributed by atoms with Gasteiger partial charge in [-0.3, -0.25) is 9.36 Å². The van der Waals surface area contributed by atoms with Gasteiger partial charge in [0.25, 0.3) is 5.56 Å². The quantitative estimate of drug-likeness (QED) is 0.754. The fourth-order valence-corrected chi connectivity index (χ4v) is 3.61. The van der Waals surface area contributed by atoms with Crippen LogP contribution in [-0.4, -0.2) is 16.9 Å². The first-order valence-electron chi connectivity index (χ1n) is 8.22. The summed E-state index contributed by atoms with van der Waals surface area (Å²) in [6, 6.07) is 6.37. The highest BCUT2D eigenvalue weighted by atomic mass is 32.2. The highest BCUT2D eigenvalue weighted by molar-refractivity contribution is 8.01. The van der Waals surface area contributed by atoms with Crippen molar-refractivity contribution in [3.63, 3.8) is 0 Å². The van der Waals surface area contributed by atoms with Gasteiger partial charge in [0.15, 0.2) is 5.75 Å². The van der Waals surface area contributed by atoms with E-state index in [1.165, 1.54) is 43.1 Å². The number of aromatic nitrogens is 1. The van der Waals surface area contributed by atoms with E-state index in [9.17, 15) is 9.18 Å². The van der Waals surface area contributed by atoms with Crippen LogP contribution in [0.4, 0.5) is 21.6 Å². The maximum Gasteiger partial charge on any atom is 0.255 e. The topological polar surface area (TPSA) is 55.3 Å². The van der Waals surface area contributed by atoms with Crippen LogP contribution in [0, 0.1) is 12.7 Å². The SMILES string of the molecule is COc1cc(=O)n(C)c(Nc2ccc(C)cc2F)c1NSC1CCC1. The molecule has 1 saturated carbocycles. The van der Waals surface area contributed by atoms with Gasteiger partial charge in [0.2, 0.25) is 0 Å². The number of anilines is 3. The van der Waals surface area contributed by atoms with Gasteiger partial charge in [-0.1, -0.05) is 12.5 Å². The van der Waals surface area contributed by atoms with E-state index >= 15 is 0 Å². The summed E-state index contributed by atoms with van der Waals surface area (Å²) >= 11 is 1.61. The molecule has 25 heavy (non-hydrogen) atoms. The summed E-state index contributed by atoms with van der Waals surface area (Å²) in [5, 5.41) is 3.59. The van der Waals surface area contributed by atoms with E-state index in [-0.39, 0.29) is 11.4 Å². The van der Waals surface area contributed by atoms with Gasteiger partial charge in [0.1, 0.15) is 17.3 Å². The van der Waals surface area contributed by atoms with Gasteiger partial charge in [-0.2, -0.15) is 0 Å². The normalized spacial score (nSPS) is 14.1. The average Bonchev–Trinajstić information content (AvgIpc) is 2.53. The fraction of sp³-hybridized carbons (Fsp3) is 0.389.